The molecule has 0 saturated heterocycles. The van der Waals surface area contributed by atoms with Crippen molar-refractivity contribution in [3.05, 3.63) is 58.0 Å². The van der Waals surface area contributed by atoms with Crippen molar-refractivity contribution in [2.24, 2.45) is 14.1 Å². The van der Waals surface area contributed by atoms with E-state index >= 15 is 0 Å². The molecule has 1 amide bonds. The molecule has 3 aromatic rings. The number of nitrogens with zero attached hydrogens (tertiary/aromatic N) is 2. The third-order valence-electron chi connectivity index (χ3n) is 4.19. The minimum atomic E-state index is -0.0946. The largest absolute Gasteiger partial charge is 0.494 e. The van der Waals surface area contributed by atoms with Crippen LogP contribution in [0.1, 0.15) is 12.8 Å². The molecular weight excluding hydrogens is 354 g/mol. The summed E-state index contributed by atoms with van der Waals surface area (Å²) in [7, 11) is 3.44. The van der Waals surface area contributed by atoms with Gasteiger partial charge >= 0.3 is 5.69 Å². The number of halogens is 1. The molecule has 0 atom stereocenters. The first-order chi connectivity index (χ1) is 12.5. The molecule has 0 aliphatic carbocycles. The number of carbonyl (C=O) groups is 1. The summed E-state index contributed by atoms with van der Waals surface area (Å²) in [4.78, 5) is 24.1. The molecule has 7 heteroatoms. The highest BCUT2D eigenvalue weighted by atomic mass is 35.5. The van der Waals surface area contributed by atoms with Gasteiger partial charge in [0.2, 0.25) is 5.91 Å². The standard InChI is InChI=1S/C19H20ClN3O3/c1-22-16-10-7-14(12-17(16)23(2)19(22)25)21-18(24)4-3-11-26-15-8-5-13(20)6-9-15/h5-10,12H,3-4,11H2,1-2H3,(H,21,24). The van der Waals surface area contributed by atoms with Gasteiger partial charge in [0.25, 0.3) is 0 Å². The third kappa shape index (κ3) is 3.91. The highest BCUT2D eigenvalue weighted by Crippen LogP contribution is 2.18. The smallest absolute Gasteiger partial charge is 0.328 e. The normalized spacial score (nSPS) is 10.9. The average molecular weight is 374 g/mol. The molecule has 3 rings (SSSR count). The maximum absolute atomic E-state index is 12.1. The van der Waals surface area contributed by atoms with E-state index in [1.165, 1.54) is 0 Å². The number of ether oxygens (including phenoxy) is 1. The summed E-state index contributed by atoms with van der Waals surface area (Å²) in [5.41, 5.74) is 2.18. The summed E-state index contributed by atoms with van der Waals surface area (Å²) in [6, 6.07) is 12.5. The van der Waals surface area contributed by atoms with Crippen LogP contribution in [-0.4, -0.2) is 21.6 Å². The predicted molar refractivity (Wildman–Crippen MR) is 103 cm³/mol. The van der Waals surface area contributed by atoms with Gasteiger partial charge in [-0.1, -0.05) is 11.6 Å². The fraction of sp³-hybridized carbons (Fsp3) is 0.263. The quantitative estimate of drug-likeness (QED) is 0.674. The zero-order chi connectivity index (χ0) is 18.7. The lowest BCUT2D eigenvalue weighted by Crippen LogP contribution is -2.19. The van der Waals surface area contributed by atoms with E-state index < -0.39 is 0 Å². The van der Waals surface area contributed by atoms with Crippen LogP contribution in [0.25, 0.3) is 11.0 Å². The van der Waals surface area contributed by atoms with E-state index in [9.17, 15) is 9.59 Å². The van der Waals surface area contributed by atoms with Crippen molar-refractivity contribution in [1.82, 2.24) is 9.13 Å². The summed E-state index contributed by atoms with van der Waals surface area (Å²) in [5, 5.41) is 3.52. The first-order valence-corrected chi connectivity index (χ1v) is 8.67. The fourth-order valence-electron chi connectivity index (χ4n) is 2.76. The van der Waals surface area contributed by atoms with Crippen LogP contribution in [-0.2, 0) is 18.9 Å². The minimum absolute atomic E-state index is 0.0926. The van der Waals surface area contributed by atoms with E-state index in [4.69, 9.17) is 16.3 Å². The van der Waals surface area contributed by atoms with Crippen LogP contribution in [0, 0.1) is 0 Å². The third-order valence-corrected chi connectivity index (χ3v) is 4.44. The number of hydrogen-bond donors (Lipinski definition) is 1. The number of amides is 1. The lowest BCUT2D eigenvalue weighted by molar-refractivity contribution is -0.116. The number of aryl methyl sites for hydroxylation is 2. The second-order valence-electron chi connectivity index (χ2n) is 6.06. The molecule has 0 unspecified atom stereocenters. The Labute approximate surface area is 155 Å². The van der Waals surface area contributed by atoms with Crippen molar-refractivity contribution in [3.63, 3.8) is 0 Å². The lowest BCUT2D eigenvalue weighted by Gasteiger charge is -2.08. The maximum atomic E-state index is 12.1. The number of nitrogens with one attached hydrogen (secondary N) is 1. The summed E-state index contributed by atoms with van der Waals surface area (Å²) < 4.78 is 8.71. The topological polar surface area (TPSA) is 65.3 Å². The summed E-state index contributed by atoms with van der Waals surface area (Å²) in [6.45, 7) is 0.446. The Bertz CT molecular complexity index is 990. The number of imidazole rings is 1. The molecule has 0 fully saturated rings. The number of aromatic nitrogens is 2. The van der Waals surface area contributed by atoms with Gasteiger partial charge < -0.3 is 10.1 Å². The maximum Gasteiger partial charge on any atom is 0.328 e. The van der Waals surface area contributed by atoms with Crippen LogP contribution in [0.5, 0.6) is 5.75 Å². The second kappa shape index (κ2) is 7.66. The molecule has 0 saturated carbocycles. The molecule has 0 aliphatic rings. The molecule has 1 aromatic heterocycles. The summed E-state index contributed by atoms with van der Waals surface area (Å²) in [6.07, 6.45) is 0.944. The van der Waals surface area contributed by atoms with Crippen molar-refractivity contribution in [3.8, 4) is 5.75 Å². The van der Waals surface area contributed by atoms with Gasteiger partial charge in [-0.05, 0) is 48.9 Å². The van der Waals surface area contributed by atoms with Gasteiger partial charge in [-0.25, -0.2) is 4.79 Å². The van der Waals surface area contributed by atoms with Crippen molar-refractivity contribution in [2.45, 2.75) is 12.8 Å². The van der Waals surface area contributed by atoms with E-state index in [0.29, 0.717) is 30.2 Å². The second-order valence-corrected chi connectivity index (χ2v) is 6.49. The Balaban J connectivity index is 1.53. The minimum Gasteiger partial charge on any atom is -0.494 e. The van der Waals surface area contributed by atoms with Gasteiger partial charge in [0, 0.05) is 31.2 Å². The Kier molecular flexibility index (Phi) is 5.32. The number of fused-ring (bicyclic) bond motifs is 1. The molecular formula is C19H20ClN3O3. The van der Waals surface area contributed by atoms with E-state index in [1.807, 2.05) is 6.07 Å². The first kappa shape index (κ1) is 18.1. The molecule has 2 aromatic carbocycles. The van der Waals surface area contributed by atoms with Crippen molar-refractivity contribution in [2.75, 3.05) is 11.9 Å². The summed E-state index contributed by atoms with van der Waals surface area (Å²) in [5.74, 6) is 0.634. The molecule has 0 radical (unpaired) electrons. The molecule has 0 bridgehead atoms. The highest BCUT2D eigenvalue weighted by Gasteiger charge is 2.09. The Morgan fingerprint density at radius 2 is 1.77 bits per heavy atom. The van der Waals surface area contributed by atoms with Crippen molar-refractivity contribution >= 4 is 34.2 Å². The Morgan fingerprint density at radius 1 is 1.08 bits per heavy atom. The van der Waals surface area contributed by atoms with Crippen LogP contribution in [0.4, 0.5) is 5.69 Å². The van der Waals surface area contributed by atoms with Gasteiger partial charge in [-0.15, -0.1) is 0 Å². The van der Waals surface area contributed by atoms with Crippen LogP contribution in [0.3, 0.4) is 0 Å². The predicted octanol–water partition coefficient (Wildman–Crippen LogP) is 3.33. The van der Waals surface area contributed by atoms with E-state index in [1.54, 1.807) is 59.6 Å². The van der Waals surface area contributed by atoms with Crippen molar-refractivity contribution < 1.29 is 9.53 Å². The van der Waals surface area contributed by atoms with Gasteiger partial charge in [0.1, 0.15) is 5.75 Å². The van der Waals surface area contributed by atoms with E-state index in [2.05, 4.69) is 5.32 Å². The van der Waals surface area contributed by atoms with Gasteiger partial charge in [-0.3, -0.25) is 13.9 Å². The van der Waals surface area contributed by atoms with Gasteiger partial charge in [-0.2, -0.15) is 0 Å². The number of anilines is 1. The number of hydrogen-bond acceptors (Lipinski definition) is 3. The molecule has 0 spiro atoms. The molecule has 26 heavy (non-hydrogen) atoms. The monoisotopic (exact) mass is 373 g/mol. The Hall–Kier alpha value is -2.73. The molecule has 136 valence electrons. The van der Waals surface area contributed by atoms with E-state index in [0.717, 1.165) is 16.8 Å². The SMILES string of the molecule is Cn1c(=O)n(C)c2cc(NC(=O)CCCOc3ccc(Cl)cc3)ccc21. The molecule has 6 nitrogen and oxygen atoms in total. The van der Waals surface area contributed by atoms with Crippen LogP contribution >= 0.6 is 11.6 Å². The van der Waals surface area contributed by atoms with Crippen LogP contribution in [0.2, 0.25) is 5.02 Å². The molecule has 1 N–H and O–H groups in total. The van der Waals surface area contributed by atoms with Crippen LogP contribution < -0.4 is 15.7 Å². The van der Waals surface area contributed by atoms with E-state index in [-0.39, 0.29) is 11.6 Å². The van der Waals surface area contributed by atoms with Gasteiger partial charge in [0.05, 0.1) is 17.6 Å². The van der Waals surface area contributed by atoms with Crippen LogP contribution in [0.15, 0.2) is 47.3 Å². The first-order valence-electron chi connectivity index (χ1n) is 8.29. The average Bonchev–Trinajstić information content (AvgIpc) is 2.84. The number of carbonyl (C=O) groups excluding carboxylic acids is 1. The van der Waals surface area contributed by atoms with Gasteiger partial charge in [0.15, 0.2) is 0 Å². The zero-order valence-corrected chi connectivity index (χ0v) is 15.4. The number of benzene rings is 2. The Morgan fingerprint density at radius 3 is 2.50 bits per heavy atom. The summed E-state index contributed by atoms with van der Waals surface area (Å²) >= 11 is 5.82. The zero-order valence-electron chi connectivity index (χ0n) is 14.7. The lowest BCUT2D eigenvalue weighted by atomic mass is 10.2. The fourth-order valence-corrected chi connectivity index (χ4v) is 2.89. The molecule has 0 aliphatic heterocycles. The number of rotatable bonds is 6. The highest BCUT2D eigenvalue weighted by molar-refractivity contribution is 6.30. The molecule has 1 heterocycles. The van der Waals surface area contributed by atoms with Crippen molar-refractivity contribution in [1.29, 1.82) is 0 Å².